The van der Waals surface area contributed by atoms with Gasteiger partial charge in [0, 0.05) is 56.4 Å². The molecule has 155 valence electrons. The summed E-state index contributed by atoms with van der Waals surface area (Å²) in [6.07, 6.45) is 7.71. The predicted molar refractivity (Wildman–Crippen MR) is 123 cm³/mol. The van der Waals surface area contributed by atoms with Crippen LogP contribution in [0.15, 0.2) is 54.6 Å². The third kappa shape index (κ3) is 5.14. The van der Waals surface area contributed by atoms with Gasteiger partial charge in [-0.15, -0.1) is 0 Å². The van der Waals surface area contributed by atoms with Crippen LogP contribution in [0.1, 0.15) is 58.6 Å². The summed E-state index contributed by atoms with van der Waals surface area (Å²) in [6.45, 7) is 10.9. The number of benzene rings is 2. The zero-order chi connectivity index (χ0) is 19.4. The van der Waals surface area contributed by atoms with Gasteiger partial charge in [0.2, 0.25) is 5.72 Å². The molecule has 2 heterocycles. The second-order valence-corrected chi connectivity index (χ2v) is 7.69. The Balaban J connectivity index is 0.00000102. The van der Waals surface area contributed by atoms with Crippen molar-refractivity contribution in [2.24, 2.45) is 5.92 Å². The van der Waals surface area contributed by atoms with E-state index in [0.29, 0.717) is 12.0 Å². The summed E-state index contributed by atoms with van der Waals surface area (Å²) >= 11 is 0. The van der Waals surface area contributed by atoms with Crippen molar-refractivity contribution in [1.82, 2.24) is 0 Å². The maximum absolute atomic E-state index is 6.68. The molecule has 1 unspecified atom stereocenters. The van der Waals surface area contributed by atoms with Gasteiger partial charge < -0.3 is 17.1 Å². The van der Waals surface area contributed by atoms with E-state index in [1.807, 2.05) is 13.8 Å². The van der Waals surface area contributed by atoms with Crippen molar-refractivity contribution in [3.63, 3.8) is 0 Å². The number of hydrogen-bond acceptors (Lipinski definition) is 2. The van der Waals surface area contributed by atoms with Crippen LogP contribution in [-0.4, -0.2) is 11.8 Å². The van der Waals surface area contributed by atoms with Crippen molar-refractivity contribution in [3.8, 4) is 5.75 Å². The maximum Gasteiger partial charge on any atom is 0.207 e. The molecule has 0 fully saturated rings. The standard InChI is InChI=1S/C23H27NO.C2H6.CH3.Y/c1-4-20(15-17(2)3)24-21-11-7-5-10-19(21)16-23(24)14-13-18-9-6-8-12-22(18)25-23;1-2;;/h5-14,17,20H,4,15-16H2,1-3H3;1-2H3;1H3;/q;;-1;/t20?,23-;;;/m1.../s1. The van der Waals surface area contributed by atoms with E-state index in [1.165, 1.54) is 23.2 Å². The fraction of sp³-hybridized carbons (Fsp3) is 0.423. The summed E-state index contributed by atoms with van der Waals surface area (Å²) in [6, 6.07) is 17.6. The molecule has 0 aliphatic carbocycles. The molecule has 2 aromatic carbocycles. The van der Waals surface area contributed by atoms with Gasteiger partial charge in [-0.05, 0) is 48.6 Å². The minimum absolute atomic E-state index is 0. The monoisotopic (exact) mass is 467 g/mol. The predicted octanol–water partition coefficient (Wildman–Crippen LogP) is 7.15. The Hall–Kier alpha value is -1.12. The van der Waals surface area contributed by atoms with Crippen LogP contribution in [0.4, 0.5) is 5.69 Å². The van der Waals surface area contributed by atoms with Crippen LogP contribution >= 0.6 is 0 Å². The fourth-order valence-corrected chi connectivity index (χ4v) is 4.34. The molecule has 3 heteroatoms. The number of nitrogens with zero attached hydrogens (tertiary/aromatic N) is 1. The molecule has 0 N–H and O–H groups in total. The summed E-state index contributed by atoms with van der Waals surface area (Å²) in [5.41, 5.74) is 3.49. The molecule has 1 radical (unpaired) electrons. The van der Waals surface area contributed by atoms with Gasteiger partial charge in [0.25, 0.3) is 0 Å². The van der Waals surface area contributed by atoms with Gasteiger partial charge in [-0.25, -0.2) is 0 Å². The Kier molecular flexibility index (Phi) is 10.1. The van der Waals surface area contributed by atoms with Crippen molar-refractivity contribution in [2.75, 3.05) is 4.90 Å². The average molecular weight is 467 g/mol. The fourth-order valence-electron chi connectivity index (χ4n) is 4.34. The van der Waals surface area contributed by atoms with Crippen molar-refractivity contribution in [2.45, 2.75) is 65.6 Å². The van der Waals surface area contributed by atoms with Gasteiger partial charge in [0.1, 0.15) is 5.75 Å². The number of para-hydroxylation sites is 2. The van der Waals surface area contributed by atoms with E-state index in [4.69, 9.17) is 4.74 Å². The Morgan fingerprint density at radius 2 is 1.69 bits per heavy atom. The quantitative estimate of drug-likeness (QED) is 0.443. The van der Waals surface area contributed by atoms with Gasteiger partial charge in [0.15, 0.2) is 0 Å². The van der Waals surface area contributed by atoms with Crippen LogP contribution in [0.5, 0.6) is 5.75 Å². The van der Waals surface area contributed by atoms with Crippen LogP contribution < -0.4 is 9.64 Å². The summed E-state index contributed by atoms with van der Waals surface area (Å²) in [5.74, 6) is 1.65. The third-order valence-electron chi connectivity index (χ3n) is 5.41. The molecule has 2 aliphatic rings. The number of anilines is 1. The van der Waals surface area contributed by atoms with Crippen LogP contribution in [0.3, 0.4) is 0 Å². The van der Waals surface area contributed by atoms with E-state index < -0.39 is 5.72 Å². The number of rotatable bonds is 4. The van der Waals surface area contributed by atoms with Gasteiger partial charge >= 0.3 is 0 Å². The Bertz CT molecular complexity index is 801. The van der Waals surface area contributed by atoms with Crippen molar-refractivity contribution in [1.29, 1.82) is 0 Å². The SMILES string of the molecule is CC.CCC(CC(C)C)N1c2ccccc2C[C@]12C=Cc1ccccc1O2.[CH3-].[Y]. The molecule has 0 aromatic heterocycles. The van der Waals surface area contributed by atoms with Crippen LogP contribution in [0.2, 0.25) is 0 Å². The molecule has 2 aromatic rings. The minimum atomic E-state index is -0.395. The largest absolute Gasteiger partial charge is 0.463 e. The molecule has 29 heavy (non-hydrogen) atoms. The van der Waals surface area contributed by atoms with E-state index in [0.717, 1.165) is 18.6 Å². The molecule has 4 rings (SSSR count). The van der Waals surface area contributed by atoms with Crippen LogP contribution in [0, 0.1) is 13.3 Å². The first-order valence-electron chi connectivity index (χ1n) is 10.5. The van der Waals surface area contributed by atoms with Crippen LogP contribution in [0.25, 0.3) is 6.08 Å². The first-order chi connectivity index (χ1) is 13.1. The van der Waals surface area contributed by atoms with E-state index in [1.54, 1.807) is 0 Å². The van der Waals surface area contributed by atoms with Crippen LogP contribution in [-0.2, 0) is 39.1 Å². The molecule has 1 spiro atoms. The third-order valence-corrected chi connectivity index (χ3v) is 5.41. The molecular formula is C26H36NOY-. The Morgan fingerprint density at radius 1 is 1.03 bits per heavy atom. The van der Waals surface area contributed by atoms with Gasteiger partial charge in [-0.3, -0.25) is 0 Å². The first-order valence-corrected chi connectivity index (χ1v) is 10.5. The van der Waals surface area contributed by atoms with Gasteiger partial charge in [-0.1, -0.05) is 71.0 Å². The van der Waals surface area contributed by atoms with E-state index in [-0.39, 0.29) is 40.1 Å². The molecule has 0 bridgehead atoms. The number of ether oxygens (including phenoxy) is 1. The van der Waals surface area contributed by atoms with E-state index in [2.05, 4.69) is 86.4 Å². The normalized spacial score (nSPS) is 19.2. The molecule has 2 nitrogen and oxygen atoms in total. The summed E-state index contributed by atoms with van der Waals surface area (Å²) < 4.78 is 6.68. The Morgan fingerprint density at radius 3 is 2.38 bits per heavy atom. The minimum Gasteiger partial charge on any atom is -0.463 e. The molecule has 0 saturated heterocycles. The van der Waals surface area contributed by atoms with Crippen molar-refractivity contribution in [3.05, 3.63) is 73.2 Å². The maximum atomic E-state index is 6.68. The Labute approximate surface area is 203 Å². The molecule has 2 aliphatic heterocycles. The second kappa shape index (κ2) is 11.3. The van der Waals surface area contributed by atoms with Crippen molar-refractivity contribution < 1.29 is 37.4 Å². The molecular weight excluding hydrogens is 431 g/mol. The van der Waals surface area contributed by atoms with Gasteiger partial charge in [0.05, 0.1) is 0 Å². The summed E-state index contributed by atoms with van der Waals surface area (Å²) in [4.78, 5) is 2.55. The number of hydrogen-bond donors (Lipinski definition) is 0. The number of fused-ring (bicyclic) bond motifs is 2. The van der Waals surface area contributed by atoms with E-state index in [9.17, 15) is 0 Å². The first kappa shape index (κ1) is 25.9. The zero-order valence-electron chi connectivity index (χ0n) is 19.0. The molecule has 2 atom stereocenters. The van der Waals surface area contributed by atoms with Gasteiger partial charge in [-0.2, -0.15) is 0 Å². The topological polar surface area (TPSA) is 12.5 Å². The van der Waals surface area contributed by atoms with Crippen molar-refractivity contribution >= 4 is 11.8 Å². The summed E-state index contributed by atoms with van der Waals surface area (Å²) in [7, 11) is 0. The second-order valence-electron chi connectivity index (χ2n) is 7.69. The molecule has 0 saturated carbocycles. The zero-order valence-corrected chi connectivity index (χ0v) is 21.8. The molecule has 0 amide bonds. The summed E-state index contributed by atoms with van der Waals surface area (Å²) in [5, 5.41) is 0. The average Bonchev–Trinajstić information content (AvgIpc) is 3.00. The van der Waals surface area contributed by atoms with E-state index >= 15 is 0 Å². The smallest absolute Gasteiger partial charge is 0.207 e.